The van der Waals surface area contributed by atoms with Crippen molar-refractivity contribution in [1.82, 2.24) is 0 Å². The molecule has 4 nitrogen and oxygen atoms in total. The molecule has 110 valence electrons. The van der Waals surface area contributed by atoms with E-state index in [1.165, 1.54) is 0 Å². The largest absolute Gasteiger partial charge is 0.623 e. The number of hydroxylamine groups is 4. The monoisotopic (exact) mass is 300 g/mol. The molecule has 0 radical (unpaired) electrons. The van der Waals surface area contributed by atoms with Gasteiger partial charge in [-0.25, -0.2) is 10.1 Å². The fourth-order valence-corrected chi connectivity index (χ4v) is 0.641. The van der Waals surface area contributed by atoms with E-state index >= 15 is 0 Å². The van der Waals surface area contributed by atoms with Gasteiger partial charge in [0.1, 0.15) is 0 Å². The van der Waals surface area contributed by atoms with Crippen LogP contribution in [0.15, 0.2) is 0 Å². The zero-order chi connectivity index (χ0) is 15.2. The Morgan fingerprint density at radius 2 is 0.667 bits per heavy atom. The zero-order valence-corrected chi connectivity index (χ0v) is 7.60. The van der Waals surface area contributed by atoms with Gasteiger partial charge in [-0.1, -0.05) is 0 Å². The van der Waals surface area contributed by atoms with Crippen molar-refractivity contribution < 1.29 is 54.0 Å². The fraction of sp³-hybridized carbons (Fsp3) is 1.00. The maximum absolute atomic E-state index is 12.3. The van der Waals surface area contributed by atoms with Crippen LogP contribution in [0.2, 0.25) is 0 Å². The van der Waals surface area contributed by atoms with E-state index in [1.807, 2.05) is 0 Å². The van der Waals surface area contributed by atoms with E-state index in [-0.39, 0.29) is 0 Å². The Balaban J connectivity index is 5.46. The molecule has 0 aromatic rings. The minimum Gasteiger partial charge on any atom is -0.623 e. The highest BCUT2D eigenvalue weighted by atomic mass is 19.4. The number of alkyl halides is 10. The van der Waals surface area contributed by atoms with Crippen molar-refractivity contribution >= 4 is 0 Å². The van der Waals surface area contributed by atoms with Gasteiger partial charge in [0.05, 0.1) is 0 Å². The summed E-state index contributed by atoms with van der Waals surface area (Å²) in [6.45, 7) is 0. The first-order valence-corrected chi connectivity index (χ1v) is 3.55. The Bertz CT molecular complexity index is 267. The maximum atomic E-state index is 12.3. The summed E-state index contributed by atoms with van der Waals surface area (Å²) in [6.07, 6.45) is -13.1. The van der Waals surface area contributed by atoms with Crippen LogP contribution in [0.5, 0.6) is 0 Å². The molecule has 0 amide bonds. The normalized spacial score (nSPS) is 18.7. The third-order valence-corrected chi connectivity index (χ3v) is 1.48. The standard InChI is InChI=1S/C4H2F10N2O2/c5-1(6,15(17)3(9,10)11)2(7,8)16(18)4(12,13)14/h15-16H. The van der Waals surface area contributed by atoms with Crippen LogP contribution in [0, 0.1) is 10.4 Å². The molecule has 0 heterocycles. The van der Waals surface area contributed by atoms with Crippen LogP contribution in [0.1, 0.15) is 0 Å². The minimum absolute atomic E-state index is 4.45. The van der Waals surface area contributed by atoms with Gasteiger partial charge in [0.25, 0.3) is 0 Å². The molecule has 0 aromatic carbocycles. The van der Waals surface area contributed by atoms with Crippen molar-refractivity contribution in [3.8, 4) is 0 Å². The number of hydrogen-bond acceptors (Lipinski definition) is 2. The number of nitrogens with one attached hydrogen (secondary N) is 2. The maximum Gasteiger partial charge on any atom is 0.564 e. The van der Waals surface area contributed by atoms with E-state index in [1.54, 1.807) is 0 Å². The van der Waals surface area contributed by atoms with Crippen molar-refractivity contribution in [2.75, 3.05) is 0 Å². The molecule has 0 bridgehead atoms. The molecule has 0 aliphatic heterocycles. The lowest BCUT2D eigenvalue weighted by atomic mass is 10.4. The van der Waals surface area contributed by atoms with E-state index in [9.17, 15) is 54.3 Å². The molecule has 0 spiro atoms. The van der Waals surface area contributed by atoms with Crippen molar-refractivity contribution in [2.45, 2.75) is 24.7 Å². The van der Waals surface area contributed by atoms with E-state index in [4.69, 9.17) is 0 Å². The smallest absolute Gasteiger partial charge is 0.564 e. The van der Waals surface area contributed by atoms with Gasteiger partial charge in [0.2, 0.25) is 0 Å². The predicted octanol–water partition coefficient (Wildman–Crippen LogP) is -0.0230. The first-order valence-electron chi connectivity index (χ1n) is 3.55. The summed E-state index contributed by atoms with van der Waals surface area (Å²) < 4.78 is 118. The van der Waals surface area contributed by atoms with E-state index in [0.717, 1.165) is 0 Å². The van der Waals surface area contributed by atoms with Crippen LogP contribution >= 0.6 is 0 Å². The number of quaternary nitrogens is 2. The second-order valence-electron chi connectivity index (χ2n) is 2.80. The first-order chi connectivity index (χ1) is 7.56. The van der Waals surface area contributed by atoms with Crippen LogP contribution in [-0.4, -0.2) is 24.7 Å². The Kier molecular flexibility index (Phi) is 4.15. The molecular formula is C4H2F10N2O2. The molecule has 0 aliphatic carbocycles. The molecule has 18 heavy (non-hydrogen) atoms. The summed E-state index contributed by atoms with van der Waals surface area (Å²) in [5.41, 5.74) is 0. The highest BCUT2D eigenvalue weighted by Crippen LogP contribution is 2.28. The van der Waals surface area contributed by atoms with Crippen molar-refractivity contribution in [3.05, 3.63) is 10.4 Å². The molecule has 2 atom stereocenters. The van der Waals surface area contributed by atoms with Gasteiger partial charge in [-0.2, -0.15) is 0 Å². The lowest BCUT2D eigenvalue weighted by molar-refractivity contribution is -1.13. The molecule has 0 aromatic heterocycles. The van der Waals surface area contributed by atoms with Gasteiger partial charge >= 0.3 is 24.7 Å². The predicted molar refractivity (Wildman–Crippen MR) is 30.7 cm³/mol. The number of halogens is 10. The Hall–Kier alpha value is -0.860. The van der Waals surface area contributed by atoms with Gasteiger partial charge in [-0.3, -0.25) is 0 Å². The van der Waals surface area contributed by atoms with Gasteiger partial charge in [0.15, 0.2) is 0 Å². The SMILES string of the molecule is [O-][NH+](C(F)(F)F)C(F)(F)C(F)(F)[NH+]([O-])C(F)(F)F. The average Bonchev–Trinajstić information content (AvgIpc) is 2.12. The van der Waals surface area contributed by atoms with Crippen molar-refractivity contribution in [2.24, 2.45) is 0 Å². The highest BCUT2D eigenvalue weighted by molar-refractivity contribution is 4.65. The summed E-state index contributed by atoms with van der Waals surface area (Å²) >= 11 is 0. The quantitative estimate of drug-likeness (QED) is 0.437. The van der Waals surface area contributed by atoms with Crippen molar-refractivity contribution in [1.29, 1.82) is 0 Å². The van der Waals surface area contributed by atoms with E-state index in [2.05, 4.69) is 0 Å². The molecule has 0 aliphatic rings. The van der Waals surface area contributed by atoms with Crippen LogP contribution in [0.3, 0.4) is 0 Å². The lowest BCUT2D eigenvalue weighted by Crippen LogP contribution is -3.32. The third kappa shape index (κ3) is 2.93. The summed E-state index contributed by atoms with van der Waals surface area (Å²) in [4.78, 5) is 0. The summed E-state index contributed by atoms with van der Waals surface area (Å²) in [7, 11) is 0. The topological polar surface area (TPSA) is 55.0 Å². The van der Waals surface area contributed by atoms with Crippen LogP contribution in [-0.2, 0) is 0 Å². The minimum atomic E-state index is -6.85. The summed E-state index contributed by atoms with van der Waals surface area (Å²) in [5, 5.41) is 10.9. The lowest BCUT2D eigenvalue weighted by Gasteiger charge is -2.38. The van der Waals surface area contributed by atoms with E-state index in [0.29, 0.717) is 0 Å². The number of hydrogen-bond donors (Lipinski definition) is 2. The fourth-order valence-electron chi connectivity index (χ4n) is 0.641. The van der Waals surface area contributed by atoms with Crippen LogP contribution in [0.25, 0.3) is 0 Å². The molecule has 0 saturated carbocycles. The second kappa shape index (κ2) is 4.36. The molecular weight excluding hydrogens is 298 g/mol. The molecule has 0 fully saturated rings. The highest BCUT2D eigenvalue weighted by Gasteiger charge is 2.77. The molecule has 0 saturated heterocycles. The van der Waals surface area contributed by atoms with Gasteiger partial charge in [-0.15, -0.1) is 43.9 Å². The third-order valence-electron chi connectivity index (χ3n) is 1.48. The molecule has 0 rings (SSSR count). The number of rotatable bonds is 3. The first kappa shape index (κ1) is 17.1. The summed E-state index contributed by atoms with van der Waals surface area (Å²) in [6, 6.07) is -13.7. The average molecular weight is 300 g/mol. The molecule has 14 heteroatoms. The van der Waals surface area contributed by atoms with Crippen LogP contribution < -0.4 is 10.1 Å². The Labute approximate surface area is 90.5 Å². The van der Waals surface area contributed by atoms with E-state index < -0.39 is 34.8 Å². The van der Waals surface area contributed by atoms with Gasteiger partial charge in [-0.05, 0) is 0 Å². The zero-order valence-electron chi connectivity index (χ0n) is 7.60. The van der Waals surface area contributed by atoms with Gasteiger partial charge in [0, 0.05) is 0 Å². The molecule has 2 unspecified atom stereocenters. The van der Waals surface area contributed by atoms with Gasteiger partial charge < -0.3 is 10.4 Å². The summed E-state index contributed by atoms with van der Waals surface area (Å²) in [5.74, 6) is 0. The molecule has 2 N–H and O–H groups in total. The Morgan fingerprint density at radius 1 is 0.500 bits per heavy atom. The Morgan fingerprint density at radius 3 is 0.778 bits per heavy atom. The van der Waals surface area contributed by atoms with Crippen molar-refractivity contribution in [3.63, 3.8) is 0 Å². The van der Waals surface area contributed by atoms with Crippen LogP contribution in [0.4, 0.5) is 43.9 Å². The second-order valence-corrected chi connectivity index (χ2v) is 2.80.